The minimum absolute atomic E-state index is 0.211. The number of anilines is 2. The zero-order valence-corrected chi connectivity index (χ0v) is 9.59. The average molecular weight is 215 g/mol. The SMILES string of the molecule is CCC1(Nc2cccc(C#N)c2N)CCC1. The van der Waals surface area contributed by atoms with Gasteiger partial charge in [0.25, 0.3) is 0 Å². The molecule has 3 heteroatoms. The van der Waals surface area contributed by atoms with E-state index in [-0.39, 0.29) is 5.54 Å². The molecule has 1 saturated carbocycles. The van der Waals surface area contributed by atoms with Gasteiger partial charge < -0.3 is 11.1 Å². The normalized spacial score (nSPS) is 17.2. The van der Waals surface area contributed by atoms with Crippen LogP contribution < -0.4 is 11.1 Å². The molecule has 3 nitrogen and oxygen atoms in total. The number of hydrogen-bond donors (Lipinski definition) is 2. The molecule has 1 aliphatic carbocycles. The van der Waals surface area contributed by atoms with Crippen LogP contribution >= 0.6 is 0 Å². The third-order valence-electron chi connectivity index (χ3n) is 3.61. The van der Waals surface area contributed by atoms with Crippen molar-refractivity contribution in [2.45, 2.75) is 38.1 Å². The molecule has 0 heterocycles. The van der Waals surface area contributed by atoms with Gasteiger partial charge in [-0.2, -0.15) is 5.26 Å². The molecule has 0 unspecified atom stereocenters. The van der Waals surface area contributed by atoms with Crippen molar-refractivity contribution in [2.75, 3.05) is 11.1 Å². The van der Waals surface area contributed by atoms with Crippen molar-refractivity contribution in [1.29, 1.82) is 5.26 Å². The van der Waals surface area contributed by atoms with Crippen LogP contribution in [0.1, 0.15) is 38.2 Å². The molecule has 0 bridgehead atoms. The number of nitrogens with zero attached hydrogens (tertiary/aromatic N) is 1. The second-order valence-corrected chi connectivity index (χ2v) is 4.49. The Hall–Kier alpha value is -1.69. The lowest BCUT2D eigenvalue weighted by atomic mass is 9.74. The summed E-state index contributed by atoms with van der Waals surface area (Å²) in [6.45, 7) is 2.19. The Morgan fingerprint density at radius 2 is 2.25 bits per heavy atom. The van der Waals surface area contributed by atoms with E-state index in [1.807, 2.05) is 12.1 Å². The molecule has 84 valence electrons. The predicted octanol–water partition coefficient (Wildman–Crippen LogP) is 2.89. The Balaban J connectivity index is 2.25. The Labute approximate surface area is 96.3 Å². The van der Waals surface area contributed by atoms with Crippen LogP contribution in [0.25, 0.3) is 0 Å². The van der Waals surface area contributed by atoms with Gasteiger partial charge >= 0.3 is 0 Å². The summed E-state index contributed by atoms with van der Waals surface area (Å²) in [6.07, 6.45) is 4.77. The lowest BCUT2D eigenvalue weighted by Crippen LogP contribution is -2.44. The lowest BCUT2D eigenvalue weighted by Gasteiger charge is -2.43. The molecule has 16 heavy (non-hydrogen) atoms. The number of nitriles is 1. The number of para-hydroxylation sites is 1. The van der Waals surface area contributed by atoms with E-state index >= 15 is 0 Å². The standard InChI is InChI=1S/C13H17N3/c1-2-13(7-4-8-13)16-11-6-3-5-10(9-14)12(11)15/h3,5-6,16H,2,4,7-8,15H2,1H3. The summed E-state index contributed by atoms with van der Waals surface area (Å²) in [5, 5.41) is 12.4. The van der Waals surface area contributed by atoms with Crippen LogP contribution in [-0.2, 0) is 0 Å². The minimum Gasteiger partial charge on any atom is -0.396 e. The van der Waals surface area contributed by atoms with Crippen LogP contribution in [-0.4, -0.2) is 5.54 Å². The highest BCUT2D eigenvalue weighted by Crippen LogP contribution is 2.39. The molecular weight excluding hydrogens is 198 g/mol. The summed E-state index contributed by atoms with van der Waals surface area (Å²) in [5.74, 6) is 0. The first-order valence-corrected chi connectivity index (χ1v) is 5.77. The Kier molecular flexibility index (Phi) is 2.74. The number of nitrogens with one attached hydrogen (secondary N) is 1. The molecule has 0 atom stereocenters. The molecule has 1 fully saturated rings. The second kappa shape index (κ2) is 4.05. The summed E-state index contributed by atoms with van der Waals surface area (Å²) >= 11 is 0. The third-order valence-corrected chi connectivity index (χ3v) is 3.61. The number of nitrogen functional groups attached to an aromatic ring is 1. The predicted molar refractivity (Wildman–Crippen MR) is 66.1 cm³/mol. The van der Waals surface area contributed by atoms with E-state index in [4.69, 9.17) is 11.0 Å². The molecule has 0 radical (unpaired) electrons. The quantitative estimate of drug-likeness (QED) is 0.762. The van der Waals surface area contributed by atoms with E-state index in [1.165, 1.54) is 19.3 Å². The van der Waals surface area contributed by atoms with Gasteiger partial charge in [-0.15, -0.1) is 0 Å². The van der Waals surface area contributed by atoms with E-state index in [1.54, 1.807) is 6.07 Å². The monoisotopic (exact) mass is 215 g/mol. The van der Waals surface area contributed by atoms with Gasteiger partial charge in [0.15, 0.2) is 0 Å². The van der Waals surface area contributed by atoms with E-state index in [0.29, 0.717) is 11.3 Å². The zero-order valence-electron chi connectivity index (χ0n) is 9.59. The maximum absolute atomic E-state index is 8.91. The molecule has 1 aromatic rings. The maximum Gasteiger partial charge on any atom is 0.101 e. The largest absolute Gasteiger partial charge is 0.396 e. The first kappa shape index (κ1) is 10.8. The van der Waals surface area contributed by atoms with Crippen LogP contribution in [0.5, 0.6) is 0 Å². The molecule has 1 aliphatic rings. The van der Waals surface area contributed by atoms with E-state index in [0.717, 1.165) is 12.1 Å². The van der Waals surface area contributed by atoms with Crippen molar-refractivity contribution in [3.63, 3.8) is 0 Å². The molecule has 0 amide bonds. The van der Waals surface area contributed by atoms with Gasteiger partial charge in [-0.1, -0.05) is 13.0 Å². The Bertz CT molecular complexity index is 422. The molecule has 3 N–H and O–H groups in total. The van der Waals surface area contributed by atoms with Gasteiger partial charge in [0, 0.05) is 5.54 Å². The summed E-state index contributed by atoms with van der Waals surface area (Å²) in [7, 11) is 0. The highest BCUT2D eigenvalue weighted by Gasteiger charge is 2.35. The van der Waals surface area contributed by atoms with Crippen molar-refractivity contribution in [3.05, 3.63) is 23.8 Å². The molecule has 0 aromatic heterocycles. The van der Waals surface area contributed by atoms with Crippen LogP contribution in [0.15, 0.2) is 18.2 Å². The molecule has 0 spiro atoms. The first-order valence-electron chi connectivity index (χ1n) is 5.77. The van der Waals surface area contributed by atoms with Gasteiger partial charge in [0.1, 0.15) is 6.07 Å². The lowest BCUT2D eigenvalue weighted by molar-refractivity contribution is 0.270. The smallest absolute Gasteiger partial charge is 0.101 e. The van der Waals surface area contributed by atoms with Crippen LogP contribution in [0, 0.1) is 11.3 Å². The van der Waals surface area contributed by atoms with Crippen molar-refractivity contribution in [2.24, 2.45) is 0 Å². The highest BCUT2D eigenvalue weighted by molar-refractivity contribution is 5.73. The van der Waals surface area contributed by atoms with Crippen molar-refractivity contribution in [1.82, 2.24) is 0 Å². The minimum atomic E-state index is 0.211. The molecule has 0 saturated heterocycles. The maximum atomic E-state index is 8.91. The molecular formula is C13H17N3. The number of hydrogen-bond acceptors (Lipinski definition) is 3. The van der Waals surface area contributed by atoms with Crippen LogP contribution in [0.2, 0.25) is 0 Å². The van der Waals surface area contributed by atoms with Crippen molar-refractivity contribution < 1.29 is 0 Å². The Morgan fingerprint density at radius 1 is 1.50 bits per heavy atom. The van der Waals surface area contributed by atoms with Gasteiger partial charge in [-0.3, -0.25) is 0 Å². The fourth-order valence-corrected chi connectivity index (χ4v) is 2.23. The average Bonchev–Trinajstić information content (AvgIpc) is 2.25. The van der Waals surface area contributed by atoms with Crippen LogP contribution in [0.3, 0.4) is 0 Å². The number of nitrogens with two attached hydrogens (primary N) is 1. The highest BCUT2D eigenvalue weighted by atomic mass is 15.0. The summed E-state index contributed by atoms with van der Waals surface area (Å²) < 4.78 is 0. The van der Waals surface area contributed by atoms with Gasteiger partial charge in [0.2, 0.25) is 0 Å². The summed E-state index contributed by atoms with van der Waals surface area (Å²) in [4.78, 5) is 0. The van der Waals surface area contributed by atoms with Crippen LogP contribution in [0.4, 0.5) is 11.4 Å². The number of rotatable bonds is 3. The van der Waals surface area contributed by atoms with Gasteiger partial charge in [-0.25, -0.2) is 0 Å². The fraction of sp³-hybridized carbons (Fsp3) is 0.462. The first-order chi connectivity index (χ1) is 7.71. The van der Waals surface area contributed by atoms with E-state index < -0.39 is 0 Å². The van der Waals surface area contributed by atoms with Gasteiger partial charge in [0.05, 0.1) is 16.9 Å². The topological polar surface area (TPSA) is 61.8 Å². The third kappa shape index (κ3) is 1.71. The van der Waals surface area contributed by atoms with E-state index in [2.05, 4.69) is 18.3 Å². The fourth-order valence-electron chi connectivity index (χ4n) is 2.23. The molecule has 0 aliphatic heterocycles. The molecule has 1 aromatic carbocycles. The van der Waals surface area contributed by atoms with E-state index in [9.17, 15) is 0 Å². The summed E-state index contributed by atoms with van der Waals surface area (Å²) in [5.41, 5.74) is 8.19. The van der Waals surface area contributed by atoms with Crippen molar-refractivity contribution in [3.8, 4) is 6.07 Å². The Morgan fingerprint density at radius 3 is 2.75 bits per heavy atom. The zero-order chi connectivity index (χ0) is 11.6. The molecule has 2 rings (SSSR count). The second-order valence-electron chi connectivity index (χ2n) is 4.49. The summed E-state index contributed by atoms with van der Waals surface area (Å²) in [6, 6.07) is 7.68. The van der Waals surface area contributed by atoms with Crippen molar-refractivity contribution >= 4 is 11.4 Å². The van der Waals surface area contributed by atoms with Gasteiger partial charge in [-0.05, 0) is 37.8 Å². The number of benzene rings is 1.